The normalized spacial score (nSPS) is 18.1. The van der Waals surface area contributed by atoms with Gasteiger partial charge in [-0.3, -0.25) is 4.79 Å². The van der Waals surface area contributed by atoms with E-state index in [1.807, 2.05) is 6.07 Å². The van der Waals surface area contributed by atoms with E-state index in [-0.39, 0.29) is 12.4 Å². The maximum Gasteiger partial charge on any atom is 0.344 e. The van der Waals surface area contributed by atoms with Crippen LogP contribution in [0.3, 0.4) is 0 Å². The summed E-state index contributed by atoms with van der Waals surface area (Å²) in [5.74, 6) is -0.0755. The second-order valence-electron chi connectivity index (χ2n) is 4.62. The van der Waals surface area contributed by atoms with Gasteiger partial charge in [-0.05, 0) is 43.5 Å². The Morgan fingerprint density at radius 1 is 1.30 bits per heavy atom. The van der Waals surface area contributed by atoms with Crippen LogP contribution in [-0.4, -0.2) is 24.5 Å². The van der Waals surface area contributed by atoms with Gasteiger partial charge in [-0.2, -0.15) is 5.26 Å². The van der Waals surface area contributed by atoms with Crippen LogP contribution in [0.4, 0.5) is 0 Å². The molecule has 0 unspecified atom stereocenters. The van der Waals surface area contributed by atoms with E-state index in [2.05, 4.69) is 0 Å². The number of carbonyl (C=O) groups is 2. The first-order valence-electron chi connectivity index (χ1n) is 6.54. The minimum Gasteiger partial charge on any atom is -0.482 e. The third kappa shape index (κ3) is 3.82. The number of hydrogen-bond donors (Lipinski definition) is 0. The van der Waals surface area contributed by atoms with Gasteiger partial charge in [-0.1, -0.05) is 0 Å². The molecule has 20 heavy (non-hydrogen) atoms. The molecule has 0 radical (unpaired) electrons. The third-order valence-corrected chi connectivity index (χ3v) is 3.11. The highest BCUT2D eigenvalue weighted by Gasteiger charge is 2.25. The molecule has 0 spiro atoms. The molecule has 1 aliphatic carbocycles. The molecule has 0 heterocycles. The Morgan fingerprint density at radius 2 is 2.05 bits per heavy atom. The fourth-order valence-corrected chi connectivity index (χ4v) is 2.04. The number of ether oxygens (including phenoxy) is 2. The molecule has 0 N–H and O–H groups in total. The van der Waals surface area contributed by atoms with Gasteiger partial charge in [0.2, 0.25) is 0 Å². The number of benzene rings is 1. The maximum atomic E-state index is 11.6. The number of nitriles is 1. The van der Waals surface area contributed by atoms with E-state index in [9.17, 15) is 9.59 Å². The summed E-state index contributed by atoms with van der Waals surface area (Å²) in [5.41, 5.74) is 0.521. The lowest BCUT2D eigenvalue weighted by atomic mass is 9.96. The van der Waals surface area contributed by atoms with Crippen molar-refractivity contribution in [1.82, 2.24) is 0 Å². The number of rotatable bonds is 4. The first kappa shape index (κ1) is 14.1. The zero-order valence-electron chi connectivity index (χ0n) is 11.0. The average Bonchev–Trinajstić information content (AvgIpc) is 2.48. The predicted octanol–water partition coefficient (Wildman–Crippen LogP) is 1.99. The Kier molecular flexibility index (Phi) is 4.72. The first-order chi connectivity index (χ1) is 9.69. The lowest BCUT2D eigenvalue weighted by molar-refractivity contribution is -0.158. The number of Topliss-reactive ketones (excluding diaryl/α,β-unsaturated/α-hetero) is 1. The lowest BCUT2D eigenvalue weighted by Gasteiger charge is -2.20. The molecular weight excluding hydrogens is 258 g/mol. The van der Waals surface area contributed by atoms with Crippen LogP contribution in [0, 0.1) is 11.3 Å². The number of ketones is 1. The van der Waals surface area contributed by atoms with Crippen LogP contribution in [0.2, 0.25) is 0 Å². The topological polar surface area (TPSA) is 76.4 Å². The average molecular weight is 273 g/mol. The van der Waals surface area contributed by atoms with Crippen molar-refractivity contribution in [2.45, 2.75) is 31.8 Å². The fourth-order valence-electron chi connectivity index (χ4n) is 2.04. The third-order valence-electron chi connectivity index (χ3n) is 3.11. The highest BCUT2D eigenvalue weighted by Crippen LogP contribution is 2.18. The Morgan fingerprint density at radius 3 is 2.70 bits per heavy atom. The predicted molar refractivity (Wildman–Crippen MR) is 70.0 cm³/mol. The molecule has 0 aliphatic heterocycles. The summed E-state index contributed by atoms with van der Waals surface area (Å²) in [4.78, 5) is 23.1. The van der Waals surface area contributed by atoms with Crippen molar-refractivity contribution in [1.29, 1.82) is 5.26 Å². The molecule has 2 rings (SSSR count). The van der Waals surface area contributed by atoms with E-state index >= 15 is 0 Å². The molecule has 1 aromatic rings. The molecule has 0 aromatic heterocycles. The van der Waals surface area contributed by atoms with E-state index < -0.39 is 12.1 Å². The van der Waals surface area contributed by atoms with E-state index in [0.29, 0.717) is 24.2 Å². The van der Waals surface area contributed by atoms with Crippen molar-refractivity contribution in [3.05, 3.63) is 29.8 Å². The number of carbonyl (C=O) groups excluding carboxylic acids is 2. The second kappa shape index (κ2) is 6.71. The lowest BCUT2D eigenvalue weighted by Crippen LogP contribution is -2.31. The van der Waals surface area contributed by atoms with Crippen molar-refractivity contribution in [2.24, 2.45) is 0 Å². The minimum atomic E-state index is -0.610. The zero-order chi connectivity index (χ0) is 14.4. The van der Waals surface area contributed by atoms with Gasteiger partial charge in [-0.15, -0.1) is 0 Å². The Bertz CT molecular complexity index is 530. The van der Waals surface area contributed by atoms with E-state index in [1.54, 1.807) is 24.3 Å². The summed E-state index contributed by atoms with van der Waals surface area (Å²) in [5, 5.41) is 8.66. The van der Waals surface area contributed by atoms with Crippen molar-refractivity contribution in [3.8, 4) is 11.8 Å². The van der Waals surface area contributed by atoms with Crippen molar-refractivity contribution < 1.29 is 19.1 Å². The molecule has 0 saturated heterocycles. The van der Waals surface area contributed by atoms with Gasteiger partial charge in [-0.25, -0.2) is 4.79 Å². The van der Waals surface area contributed by atoms with E-state index in [0.717, 1.165) is 12.8 Å². The molecule has 0 amide bonds. The van der Waals surface area contributed by atoms with Crippen molar-refractivity contribution >= 4 is 11.8 Å². The van der Waals surface area contributed by atoms with E-state index in [1.165, 1.54) is 0 Å². The Labute approximate surface area is 117 Å². The van der Waals surface area contributed by atoms with Gasteiger partial charge in [0.25, 0.3) is 0 Å². The summed E-state index contributed by atoms with van der Waals surface area (Å²) in [6.45, 7) is -0.240. The van der Waals surface area contributed by atoms with Crippen LogP contribution in [0.15, 0.2) is 24.3 Å². The highest BCUT2D eigenvalue weighted by molar-refractivity contribution is 5.86. The van der Waals surface area contributed by atoms with Gasteiger partial charge in [0.1, 0.15) is 5.75 Å². The van der Waals surface area contributed by atoms with Gasteiger partial charge in [0, 0.05) is 6.42 Å². The van der Waals surface area contributed by atoms with Gasteiger partial charge >= 0.3 is 5.97 Å². The summed E-state index contributed by atoms with van der Waals surface area (Å²) in [6, 6.07) is 8.42. The fraction of sp³-hybridized carbons (Fsp3) is 0.400. The molecule has 1 atom stereocenters. The quantitative estimate of drug-likeness (QED) is 0.784. The number of esters is 1. The van der Waals surface area contributed by atoms with Crippen LogP contribution in [0.1, 0.15) is 31.2 Å². The van der Waals surface area contributed by atoms with Gasteiger partial charge in [0.15, 0.2) is 18.5 Å². The van der Waals surface area contributed by atoms with E-state index in [4.69, 9.17) is 14.7 Å². The monoisotopic (exact) mass is 273 g/mol. The molecule has 0 bridgehead atoms. The number of hydrogen-bond acceptors (Lipinski definition) is 5. The van der Waals surface area contributed by atoms with Crippen LogP contribution in [0.5, 0.6) is 5.75 Å². The highest BCUT2D eigenvalue weighted by atomic mass is 16.6. The van der Waals surface area contributed by atoms with Crippen LogP contribution < -0.4 is 4.74 Å². The second-order valence-corrected chi connectivity index (χ2v) is 4.62. The summed E-state index contributed by atoms with van der Waals surface area (Å²) in [7, 11) is 0. The molecule has 1 aromatic carbocycles. The first-order valence-corrected chi connectivity index (χ1v) is 6.54. The molecule has 1 saturated carbocycles. The van der Waals surface area contributed by atoms with Crippen LogP contribution >= 0.6 is 0 Å². The van der Waals surface area contributed by atoms with Gasteiger partial charge in [0.05, 0.1) is 11.6 Å². The number of nitrogens with zero attached hydrogens (tertiary/aromatic N) is 1. The minimum absolute atomic E-state index is 0.0111. The summed E-state index contributed by atoms with van der Waals surface area (Å²) < 4.78 is 10.4. The van der Waals surface area contributed by atoms with Crippen LogP contribution in [-0.2, 0) is 14.3 Å². The summed E-state index contributed by atoms with van der Waals surface area (Å²) in [6.07, 6.45) is 2.24. The molecule has 1 fully saturated rings. The van der Waals surface area contributed by atoms with Crippen LogP contribution in [0.25, 0.3) is 0 Å². The Balaban J connectivity index is 1.79. The molecular formula is C15H15NO4. The van der Waals surface area contributed by atoms with Gasteiger partial charge < -0.3 is 9.47 Å². The molecule has 104 valence electrons. The molecule has 5 heteroatoms. The van der Waals surface area contributed by atoms with Crippen molar-refractivity contribution in [2.75, 3.05) is 6.61 Å². The van der Waals surface area contributed by atoms with Crippen molar-refractivity contribution in [3.63, 3.8) is 0 Å². The summed E-state index contributed by atoms with van der Waals surface area (Å²) >= 11 is 0. The SMILES string of the molecule is N#Cc1ccc(OCC(=O)O[C@H]2CCCCC2=O)cc1. The standard InChI is InChI=1S/C15H15NO4/c16-9-11-5-7-12(8-6-11)19-10-15(18)20-14-4-2-1-3-13(14)17/h5-8,14H,1-4,10H2/t14-/m0/s1. The maximum absolute atomic E-state index is 11.6. The smallest absolute Gasteiger partial charge is 0.344 e. The molecule has 1 aliphatic rings. The zero-order valence-corrected chi connectivity index (χ0v) is 11.0. The largest absolute Gasteiger partial charge is 0.482 e. The molecule has 5 nitrogen and oxygen atoms in total. The Hall–Kier alpha value is -2.35.